The molecule has 19 heavy (non-hydrogen) atoms. The van der Waals surface area contributed by atoms with E-state index in [4.69, 9.17) is 10.5 Å². The van der Waals surface area contributed by atoms with Gasteiger partial charge in [0, 0.05) is 19.7 Å². The Labute approximate surface area is 113 Å². The third-order valence-corrected chi connectivity index (χ3v) is 3.02. The molecule has 0 aromatic carbocycles. The van der Waals surface area contributed by atoms with Gasteiger partial charge in [-0.25, -0.2) is 0 Å². The first-order valence-corrected chi connectivity index (χ1v) is 6.61. The number of pyridine rings is 1. The number of aromatic amines is 1. The lowest BCUT2D eigenvalue weighted by atomic mass is 10.1. The minimum absolute atomic E-state index is 0.105. The van der Waals surface area contributed by atoms with E-state index in [1.807, 2.05) is 0 Å². The van der Waals surface area contributed by atoms with Gasteiger partial charge in [-0.1, -0.05) is 0 Å². The SMILES string of the molecule is C1CC[NH2+]CC1.COCc1cc(=O)[nH]c([O-])c1CN. The molecule has 0 unspecified atom stereocenters. The van der Waals surface area contributed by atoms with Gasteiger partial charge in [0.25, 0.3) is 0 Å². The Bertz CT molecular complexity index is 416. The molecule has 0 bridgehead atoms. The van der Waals surface area contributed by atoms with Crippen molar-refractivity contribution in [2.24, 2.45) is 5.73 Å². The van der Waals surface area contributed by atoms with Gasteiger partial charge < -0.3 is 25.9 Å². The molecule has 0 aliphatic carbocycles. The number of methoxy groups -OCH3 is 1. The van der Waals surface area contributed by atoms with E-state index in [1.54, 1.807) is 0 Å². The van der Waals surface area contributed by atoms with Gasteiger partial charge in [-0.2, -0.15) is 0 Å². The van der Waals surface area contributed by atoms with E-state index >= 15 is 0 Å². The monoisotopic (exact) mass is 269 g/mol. The molecule has 6 heteroatoms. The number of ether oxygens (including phenoxy) is 1. The quantitative estimate of drug-likeness (QED) is 0.639. The van der Waals surface area contributed by atoms with Crippen molar-refractivity contribution in [1.82, 2.24) is 4.98 Å². The first-order chi connectivity index (χ1) is 9.19. The van der Waals surface area contributed by atoms with E-state index in [0.29, 0.717) is 11.1 Å². The molecule has 0 saturated carbocycles. The molecule has 0 spiro atoms. The highest BCUT2D eigenvalue weighted by atomic mass is 16.5. The van der Waals surface area contributed by atoms with Crippen LogP contribution in [-0.2, 0) is 17.9 Å². The van der Waals surface area contributed by atoms with Gasteiger partial charge in [0.2, 0.25) is 5.56 Å². The largest absolute Gasteiger partial charge is 0.860 e. The summed E-state index contributed by atoms with van der Waals surface area (Å²) in [7, 11) is 1.49. The molecule has 6 nitrogen and oxygen atoms in total. The Morgan fingerprint density at radius 2 is 2.11 bits per heavy atom. The van der Waals surface area contributed by atoms with Crippen LogP contribution in [0.15, 0.2) is 10.9 Å². The zero-order valence-corrected chi connectivity index (χ0v) is 11.4. The van der Waals surface area contributed by atoms with E-state index in [0.717, 1.165) is 0 Å². The molecule has 2 heterocycles. The van der Waals surface area contributed by atoms with E-state index in [-0.39, 0.29) is 13.2 Å². The van der Waals surface area contributed by atoms with Crippen molar-refractivity contribution in [1.29, 1.82) is 0 Å². The first-order valence-electron chi connectivity index (χ1n) is 6.61. The first kappa shape index (κ1) is 15.7. The van der Waals surface area contributed by atoms with Gasteiger partial charge in [0.05, 0.1) is 19.7 Å². The number of hydrogen-bond donors (Lipinski definition) is 3. The highest BCUT2D eigenvalue weighted by molar-refractivity contribution is 5.32. The summed E-state index contributed by atoms with van der Waals surface area (Å²) in [4.78, 5) is 13.0. The van der Waals surface area contributed by atoms with Gasteiger partial charge in [0.1, 0.15) is 0 Å². The summed E-state index contributed by atoms with van der Waals surface area (Å²) in [6.45, 7) is 3.08. The normalized spacial score (nSPS) is 14.6. The fourth-order valence-electron chi connectivity index (χ4n) is 2.02. The zero-order chi connectivity index (χ0) is 14.1. The van der Waals surface area contributed by atoms with Crippen molar-refractivity contribution < 1.29 is 15.2 Å². The number of nitrogens with one attached hydrogen (secondary N) is 1. The van der Waals surface area contributed by atoms with Crippen LogP contribution in [0.1, 0.15) is 30.4 Å². The predicted molar refractivity (Wildman–Crippen MR) is 70.6 cm³/mol. The molecule has 5 N–H and O–H groups in total. The number of rotatable bonds is 3. The standard InChI is InChI=1S/C8H12N2O3.C5H11N/c1-13-4-5-2-7(11)10-8(12)6(5)3-9;1-2-4-6-5-3-1/h2H,3-4,9H2,1H3,(H2,10,11,12);6H,1-5H2. The molecule has 0 amide bonds. The smallest absolute Gasteiger partial charge is 0.247 e. The van der Waals surface area contributed by atoms with Crippen LogP contribution in [-0.4, -0.2) is 25.2 Å². The van der Waals surface area contributed by atoms with Gasteiger partial charge in [-0.3, -0.25) is 4.79 Å². The third kappa shape index (κ3) is 5.42. The minimum atomic E-state index is -0.429. The molecule has 0 radical (unpaired) electrons. The highest BCUT2D eigenvalue weighted by Crippen LogP contribution is 2.13. The van der Waals surface area contributed by atoms with Crippen LogP contribution in [0.4, 0.5) is 0 Å². The predicted octanol–water partition coefficient (Wildman–Crippen LogP) is -1.21. The summed E-state index contributed by atoms with van der Waals surface area (Å²) in [5.74, 6) is -0.429. The molecule has 1 fully saturated rings. The lowest BCUT2D eigenvalue weighted by Gasteiger charge is -2.14. The fraction of sp³-hybridized carbons (Fsp3) is 0.615. The van der Waals surface area contributed by atoms with E-state index < -0.39 is 11.4 Å². The highest BCUT2D eigenvalue weighted by Gasteiger charge is 2.02. The van der Waals surface area contributed by atoms with E-state index in [2.05, 4.69) is 10.3 Å². The second kappa shape index (κ2) is 8.68. The molecular weight excluding hydrogens is 246 g/mol. The Kier molecular flexibility index (Phi) is 7.17. The van der Waals surface area contributed by atoms with E-state index in [9.17, 15) is 9.90 Å². The lowest BCUT2D eigenvalue weighted by molar-refractivity contribution is -0.662. The topological polar surface area (TPSA) is 108 Å². The van der Waals surface area contributed by atoms with E-state index in [1.165, 1.54) is 45.5 Å². The Hall–Kier alpha value is -1.37. The lowest BCUT2D eigenvalue weighted by Crippen LogP contribution is -2.85. The van der Waals surface area contributed by atoms with Crippen LogP contribution >= 0.6 is 0 Å². The second-order valence-electron chi connectivity index (χ2n) is 4.53. The fourth-order valence-corrected chi connectivity index (χ4v) is 2.02. The number of H-pyrrole nitrogens is 1. The molecule has 1 aliphatic heterocycles. The van der Waals surface area contributed by atoms with Gasteiger partial charge >= 0.3 is 0 Å². The summed E-state index contributed by atoms with van der Waals surface area (Å²) in [6.07, 6.45) is 4.36. The average molecular weight is 269 g/mol. The molecule has 1 saturated heterocycles. The van der Waals surface area contributed by atoms with Crippen LogP contribution < -0.4 is 21.7 Å². The zero-order valence-electron chi connectivity index (χ0n) is 11.4. The Morgan fingerprint density at radius 1 is 1.42 bits per heavy atom. The maximum absolute atomic E-state index is 11.2. The van der Waals surface area contributed by atoms with Crippen molar-refractivity contribution in [3.63, 3.8) is 0 Å². The van der Waals surface area contributed by atoms with Crippen LogP contribution in [0, 0.1) is 0 Å². The molecule has 1 aliphatic rings. The summed E-state index contributed by atoms with van der Waals surface area (Å²) in [6, 6.07) is 1.33. The molecule has 2 rings (SSSR count). The summed E-state index contributed by atoms with van der Waals surface area (Å²) in [5, 5.41) is 13.6. The van der Waals surface area contributed by atoms with Crippen LogP contribution in [0.3, 0.4) is 0 Å². The second-order valence-corrected chi connectivity index (χ2v) is 4.53. The van der Waals surface area contributed by atoms with Crippen molar-refractivity contribution in [3.05, 3.63) is 27.5 Å². The van der Waals surface area contributed by atoms with Crippen molar-refractivity contribution >= 4 is 0 Å². The summed E-state index contributed by atoms with van der Waals surface area (Å²) in [5.41, 5.74) is 5.89. The molecule has 0 atom stereocenters. The Balaban J connectivity index is 0.000000250. The van der Waals surface area contributed by atoms with Crippen LogP contribution in [0.25, 0.3) is 0 Å². The van der Waals surface area contributed by atoms with Gasteiger partial charge in [-0.05, 0) is 36.3 Å². The number of quaternary nitrogens is 1. The number of aromatic nitrogens is 1. The summed E-state index contributed by atoms with van der Waals surface area (Å²) < 4.78 is 4.83. The van der Waals surface area contributed by atoms with Gasteiger partial charge in [0.15, 0.2) is 0 Å². The molecular formula is C13H23N3O3. The van der Waals surface area contributed by atoms with Crippen LogP contribution in [0.5, 0.6) is 5.88 Å². The maximum atomic E-state index is 11.2. The van der Waals surface area contributed by atoms with Crippen LogP contribution in [0.2, 0.25) is 0 Å². The Morgan fingerprint density at radius 3 is 2.53 bits per heavy atom. The average Bonchev–Trinajstić information content (AvgIpc) is 2.41. The third-order valence-electron chi connectivity index (χ3n) is 3.02. The minimum Gasteiger partial charge on any atom is -0.860 e. The number of hydrogen-bond acceptors (Lipinski definition) is 4. The maximum Gasteiger partial charge on any atom is 0.247 e. The van der Waals surface area contributed by atoms with Crippen molar-refractivity contribution in [3.8, 4) is 5.88 Å². The number of nitrogens with two attached hydrogens (primary N) is 2. The van der Waals surface area contributed by atoms with Crippen molar-refractivity contribution in [2.45, 2.75) is 32.4 Å². The molecule has 1 aromatic heterocycles. The van der Waals surface area contributed by atoms with Crippen molar-refractivity contribution in [2.75, 3.05) is 20.2 Å². The van der Waals surface area contributed by atoms with Gasteiger partial charge in [-0.15, -0.1) is 0 Å². The summed E-state index contributed by atoms with van der Waals surface area (Å²) >= 11 is 0. The number of piperidine rings is 1. The molecule has 108 valence electrons. The molecule has 1 aromatic rings.